The highest BCUT2D eigenvalue weighted by atomic mass is 16.7. The lowest BCUT2D eigenvalue weighted by molar-refractivity contribution is -0.168. The Kier molecular flexibility index (Phi) is 9.67. The van der Waals surface area contributed by atoms with Crippen molar-refractivity contribution in [3.63, 3.8) is 0 Å². The molecule has 1 amide bonds. The first-order valence-electron chi connectivity index (χ1n) is 12.6. The number of fused-ring (bicyclic) bond motifs is 3. The van der Waals surface area contributed by atoms with Crippen molar-refractivity contribution in [2.24, 2.45) is 0 Å². The molecule has 0 N–H and O–H groups in total. The zero-order valence-corrected chi connectivity index (χ0v) is 20.8. The quantitative estimate of drug-likeness (QED) is 0.203. The Bertz CT molecular complexity index is 1030. The number of rotatable bonds is 14. The van der Waals surface area contributed by atoms with E-state index in [0.717, 1.165) is 36.1 Å². The fourth-order valence-electron chi connectivity index (χ4n) is 4.43. The van der Waals surface area contributed by atoms with Gasteiger partial charge in [0.2, 0.25) is 5.91 Å². The first-order valence-corrected chi connectivity index (χ1v) is 12.6. The molecule has 0 spiro atoms. The number of hydrogen-bond acceptors (Lipinski definition) is 4. The molecule has 0 saturated carbocycles. The van der Waals surface area contributed by atoms with Crippen LogP contribution in [0.1, 0.15) is 89.7 Å². The number of carbonyl (C=O) groups excluding carboxylic acids is 1. The topological polar surface area (TPSA) is 60.2 Å². The Morgan fingerprint density at radius 2 is 1.64 bits per heavy atom. The van der Waals surface area contributed by atoms with Crippen LogP contribution < -0.4 is 0 Å². The summed E-state index contributed by atoms with van der Waals surface area (Å²) in [6.45, 7) is 5.39. The number of imidazole rings is 1. The Hall–Kier alpha value is -2.47. The number of carbonyl (C=O) groups is 1. The molecule has 6 heteroatoms. The van der Waals surface area contributed by atoms with Gasteiger partial charge < -0.3 is 4.57 Å². The van der Waals surface area contributed by atoms with Crippen LogP contribution in [0.3, 0.4) is 0 Å². The SMILES string of the molecule is CON(C)C(=O)CCCCCCCCCCCn1cnc2c(C(C)C)nc3ccccc3c21. The summed E-state index contributed by atoms with van der Waals surface area (Å²) in [5, 5.41) is 2.51. The molecule has 1 aromatic carbocycles. The van der Waals surface area contributed by atoms with Crippen molar-refractivity contribution in [3.05, 3.63) is 36.3 Å². The van der Waals surface area contributed by atoms with Crippen LogP contribution in [0.15, 0.2) is 30.6 Å². The number of hydroxylamine groups is 2. The first-order chi connectivity index (χ1) is 16.0. The van der Waals surface area contributed by atoms with Gasteiger partial charge in [0.05, 0.1) is 30.2 Å². The van der Waals surface area contributed by atoms with Gasteiger partial charge in [-0.2, -0.15) is 0 Å². The number of para-hydroxylation sites is 1. The van der Waals surface area contributed by atoms with Crippen LogP contribution in [-0.4, -0.2) is 39.7 Å². The highest BCUT2D eigenvalue weighted by Gasteiger charge is 2.15. The molecule has 6 nitrogen and oxygen atoms in total. The monoisotopic (exact) mass is 452 g/mol. The van der Waals surface area contributed by atoms with E-state index < -0.39 is 0 Å². The van der Waals surface area contributed by atoms with Gasteiger partial charge in [0.1, 0.15) is 5.52 Å². The molecule has 3 rings (SSSR count). The summed E-state index contributed by atoms with van der Waals surface area (Å²) in [6.07, 6.45) is 13.4. The zero-order valence-electron chi connectivity index (χ0n) is 20.8. The maximum Gasteiger partial charge on any atom is 0.245 e. The first kappa shape index (κ1) is 25.2. The van der Waals surface area contributed by atoms with E-state index in [1.54, 1.807) is 7.05 Å². The van der Waals surface area contributed by atoms with Crippen molar-refractivity contribution in [3.8, 4) is 0 Å². The number of aromatic nitrogens is 3. The Morgan fingerprint density at radius 3 is 2.30 bits per heavy atom. The second-order valence-electron chi connectivity index (χ2n) is 9.31. The number of amides is 1. The molecule has 0 fully saturated rings. The maximum absolute atomic E-state index is 11.7. The predicted octanol–water partition coefficient (Wildman–Crippen LogP) is 6.63. The van der Waals surface area contributed by atoms with Crippen molar-refractivity contribution in [2.75, 3.05) is 14.2 Å². The van der Waals surface area contributed by atoms with Crippen molar-refractivity contribution in [2.45, 2.75) is 90.5 Å². The van der Waals surface area contributed by atoms with Crippen molar-refractivity contribution in [1.29, 1.82) is 0 Å². The minimum Gasteiger partial charge on any atom is -0.330 e. The molecule has 0 unspecified atom stereocenters. The normalized spacial score (nSPS) is 11.7. The fraction of sp³-hybridized carbons (Fsp3) is 0.593. The molecule has 3 aromatic rings. The average Bonchev–Trinajstić information content (AvgIpc) is 3.25. The van der Waals surface area contributed by atoms with E-state index in [1.807, 2.05) is 6.33 Å². The number of nitrogens with zero attached hydrogens (tertiary/aromatic N) is 4. The molecule has 180 valence electrons. The Balaban J connectivity index is 1.38. The largest absolute Gasteiger partial charge is 0.330 e. The van der Waals surface area contributed by atoms with E-state index >= 15 is 0 Å². The molecule has 0 saturated heterocycles. The van der Waals surface area contributed by atoms with Crippen molar-refractivity contribution >= 4 is 27.8 Å². The molecule has 33 heavy (non-hydrogen) atoms. The molecular weight excluding hydrogens is 412 g/mol. The van der Waals surface area contributed by atoms with Gasteiger partial charge in [-0.25, -0.2) is 10.0 Å². The summed E-state index contributed by atoms with van der Waals surface area (Å²) in [4.78, 5) is 26.2. The summed E-state index contributed by atoms with van der Waals surface area (Å²) >= 11 is 0. The number of unbranched alkanes of at least 4 members (excludes halogenated alkanes) is 8. The number of hydrogen-bond donors (Lipinski definition) is 0. The summed E-state index contributed by atoms with van der Waals surface area (Å²) in [7, 11) is 3.19. The van der Waals surface area contributed by atoms with Crippen LogP contribution in [0.4, 0.5) is 0 Å². The third kappa shape index (κ3) is 6.76. The number of aryl methyl sites for hydroxylation is 1. The highest BCUT2D eigenvalue weighted by molar-refractivity contribution is 6.03. The fourth-order valence-corrected chi connectivity index (χ4v) is 4.43. The van der Waals surface area contributed by atoms with E-state index in [2.05, 4.69) is 42.7 Å². The van der Waals surface area contributed by atoms with Crippen LogP contribution in [0.2, 0.25) is 0 Å². The van der Waals surface area contributed by atoms with Crippen molar-refractivity contribution < 1.29 is 9.63 Å². The minimum absolute atomic E-state index is 0.0628. The van der Waals surface area contributed by atoms with E-state index in [-0.39, 0.29) is 5.91 Å². The van der Waals surface area contributed by atoms with Crippen LogP contribution in [0.25, 0.3) is 21.9 Å². The van der Waals surface area contributed by atoms with E-state index in [4.69, 9.17) is 14.8 Å². The molecule has 0 aliphatic carbocycles. The molecule has 0 atom stereocenters. The lowest BCUT2D eigenvalue weighted by Crippen LogP contribution is -2.24. The molecular formula is C27H40N4O2. The lowest BCUT2D eigenvalue weighted by atomic mass is 10.1. The van der Waals surface area contributed by atoms with Crippen LogP contribution in [0.5, 0.6) is 0 Å². The van der Waals surface area contributed by atoms with Crippen molar-refractivity contribution in [1.82, 2.24) is 19.6 Å². The number of pyridine rings is 1. The van der Waals surface area contributed by atoms with Gasteiger partial charge in [-0.1, -0.05) is 77.0 Å². The molecule has 0 bridgehead atoms. The summed E-state index contributed by atoms with van der Waals surface area (Å²) in [5.41, 5.74) is 4.45. The minimum atomic E-state index is 0.0628. The van der Waals surface area contributed by atoms with Crippen LogP contribution >= 0.6 is 0 Å². The molecule has 0 radical (unpaired) electrons. The van der Waals surface area contributed by atoms with Gasteiger partial charge in [-0.3, -0.25) is 14.6 Å². The Labute approximate surface area is 198 Å². The smallest absolute Gasteiger partial charge is 0.245 e. The Morgan fingerprint density at radius 1 is 1.00 bits per heavy atom. The van der Waals surface area contributed by atoms with E-state index in [9.17, 15) is 4.79 Å². The molecule has 0 aliphatic heterocycles. The van der Waals surface area contributed by atoms with E-state index in [0.29, 0.717) is 12.3 Å². The third-order valence-corrected chi connectivity index (χ3v) is 6.44. The van der Waals surface area contributed by atoms with Gasteiger partial charge >= 0.3 is 0 Å². The van der Waals surface area contributed by atoms with Gasteiger partial charge in [0, 0.05) is 25.4 Å². The van der Waals surface area contributed by atoms with Crippen LogP contribution in [0, 0.1) is 0 Å². The second kappa shape index (κ2) is 12.7. The lowest BCUT2D eigenvalue weighted by Gasteiger charge is -2.13. The predicted molar refractivity (Wildman–Crippen MR) is 135 cm³/mol. The summed E-state index contributed by atoms with van der Waals surface area (Å²) < 4.78 is 2.33. The van der Waals surface area contributed by atoms with E-state index in [1.165, 1.54) is 68.0 Å². The molecule has 2 heterocycles. The maximum atomic E-state index is 11.7. The number of benzene rings is 1. The van der Waals surface area contributed by atoms with Gasteiger partial charge in [-0.15, -0.1) is 0 Å². The highest BCUT2D eigenvalue weighted by Crippen LogP contribution is 2.29. The summed E-state index contributed by atoms with van der Waals surface area (Å²) in [5.74, 6) is 0.417. The standard InChI is InChI=1S/C27H40N4O2/c1-21(2)25-26-27(22-16-13-14-17-23(22)29-25)31(20-28-26)19-15-11-9-7-5-6-8-10-12-18-24(32)30(3)33-4/h13-14,16-17,20-21H,5-12,15,18-19H2,1-4H3. The third-order valence-electron chi connectivity index (χ3n) is 6.44. The van der Waals surface area contributed by atoms with Gasteiger partial charge in [0.15, 0.2) is 0 Å². The molecule has 0 aliphatic rings. The van der Waals surface area contributed by atoms with Crippen LogP contribution in [-0.2, 0) is 16.2 Å². The second-order valence-corrected chi connectivity index (χ2v) is 9.31. The molecule has 2 aromatic heterocycles. The van der Waals surface area contributed by atoms with Gasteiger partial charge in [-0.05, 0) is 24.8 Å². The average molecular weight is 453 g/mol. The van der Waals surface area contributed by atoms with Gasteiger partial charge in [0.25, 0.3) is 0 Å². The summed E-state index contributed by atoms with van der Waals surface area (Å²) in [6, 6.07) is 8.42. The zero-order chi connectivity index (χ0) is 23.6.